The van der Waals surface area contributed by atoms with Crippen molar-refractivity contribution in [1.82, 2.24) is 15.5 Å². The van der Waals surface area contributed by atoms with E-state index in [9.17, 15) is 0 Å². The molecule has 1 N–H and O–H groups in total. The Morgan fingerprint density at radius 1 is 1.53 bits per heavy atom. The molecule has 7 heteroatoms. The topological polar surface area (TPSA) is 64.1 Å². The van der Waals surface area contributed by atoms with Crippen molar-refractivity contribution in [1.29, 1.82) is 0 Å². The minimum absolute atomic E-state index is 0. The summed E-state index contributed by atoms with van der Waals surface area (Å²) in [4.78, 5) is 4.28. The molecular formula is C10H13BrClN3O2. The highest BCUT2D eigenvalue weighted by Gasteiger charge is 2.12. The van der Waals surface area contributed by atoms with Gasteiger partial charge >= 0.3 is 0 Å². The van der Waals surface area contributed by atoms with E-state index < -0.39 is 0 Å². The van der Waals surface area contributed by atoms with Crippen LogP contribution in [0.3, 0.4) is 0 Å². The summed E-state index contributed by atoms with van der Waals surface area (Å²) in [5.74, 6) is 1.17. The van der Waals surface area contributed by atoms with Crippen molar-refractivity contribution in [3.63, 3.8) is 0 Å². The number of nitrogens with one attached hydrogen (secondary N) is 1. The normalized spacial score (nSPS) is 12.2. The van der Waals surface area contributed by atoms with Crippen LogP contribution in [-0.2, 0) is 6.42 Å². The van der Waals surface area contributed by atoms with Gasteiger partial charge in [0.25, 0.3) is 5.89 Å². The molecule has 1 atom stereocenters. The number of likely N-dealkylation sites (N-methyl/N-ethyl adjacent to an activating group) is 1. The standard InChI is InChI=1S/C10H12BrN3O2.ClH/c1-6(12-2)3-9-13-10(16-14-9)7-4-8(11)15-5-7;/h4-6,12H,3H2,1-2H3;1H. The Hall–Kier alpha value is -0.850. The maximum Gasteiger partial charge on any atom is 0.261 e. The van der Waals surface area contributed by atoms with Crippen LogP contribution in [0.5, 0.6) is 0 Å². The molecule has 0 amide bonds. The summed E-state index contributed by atoms with van der Waals surface area (Å²) in [6, 6.07) is 2.11. The lowest BCUT2D eigenvalue weighted by atomic mass is 10.2. The number of furan rings is 1. The number of aromatic nitrogens is 2. The summed E-state index contributed by atoms with van der Waals surface area (Å²) < 4.78 is 10.9. The van der Waals surface area contributed by atoms with Gasteiger partial charge in [0.2, 0.25) is 0 Å². The molecule has 0 aliphatic heterocycles. The zero-order valence-electron chi connectivity index (χ0n) is 9.44. The van der Waals surface area contributed by atoms with Gasteiger partial charge in [0.05, 0.1) is 5.56 Å². The fourth-order valence-corrected chi connectivity index (χ4v) is 1.59. The zero-order valence-corrected chi connectivity index (χ0v) is 11.8. The Morgan fingerprint density at radius 3 is 2.88 bits per heavy atom. The summed E-state index contributed by atoms with van der Waals surface area (Å²) in [5.41, 5.74) is 0.780. The molecule has 0 aromatic carbocycles. The molecule has 0 radical (unpaired) electrons. The monoisotopic (exact) mass is 321 g/mol. The quantitative estimate of drug-likeness (QED) is 0.937. The smallest absolute Gasteiger partial charge is 0.261 e. The fourth-order valence-electron chi connectivity index (χ4n) is 1.25. The molecule has 0 saturated carbocycles. The van der Waals surface area contributed by atoms with Crippen LogP contribution < -0.4 is 5.32 Å². The number of halogens is 2. The molecular weight excluding hydrogens is 309 g/mol. The third-order valence-electron chi connectivity index (χ3n) is 2.26. The maximum absolute atomic E-state index is 5.14. The van der Waals surface area contributed by atoms with E-state index in [1.54, 1.807) is 12.3 Å². The van der Waals surface area contributed by atoms with Crippen molar-refractivity contribution >= 4 is 28.3 Å². The third kappa shape index (κ3) is 3.55. The van der Waals surface area contributed by atoms with Gasteiger partial charge < -0.3 is 14.3 Å². The lowest BCUT2D eigenvalue weighted by Gasteiger charge is -2.04. The number of nitrogens with zero attached hydrogens (tertiary/aromatic N) is 2. The Kier molecular flexibility index (Phi) is 5.17. The van der Waals surface area contributed by atoms with E-state index in [1.807, 2.05) is 7.05 Å². The second-order valence-corrected chi connectivity index (χ2v) is 4.33. The maximum atomic E-state index is 5.14. The predicted octanol–water partition coefficient (Wildman–Crippen LogP) is 2.66. The average Bonchev–Trinajstić information content (AvgIpc) is 2.87. The van der Waals surface area contributed by atoms with Gasteiger partial charge in [0.1, 0.15) is 6.26 Å². The second kappa shape index (κ2) is 6.18. The first kappa shape index (κ1) is 14.2. The van der Waals surface area contributed by atoms with E-state index in [1.165, 1.54) is 0 Å². The lowest BCUT2D eigenvalue weighted by Crippen LogP contribution is -2.24. The highest BCUT2D eigenvalue weighted by molar-refractivity contribution is 9.10. The summed E-state index contributed by atoms with van der Waals surface area (Å²) in [6.45, 7) is 2.06. The fraction of sp³-hybridized carbons (Fsp3) is 0.400. The van der Waals surface area contributed by atoms with Crippen molar-refractivity contribution in [2.75, 3.05) is 7.05 Å². The zero-order chi connectivity index (χ0) is 11.5. The van der Waals surface area contributed by atoms with Gasteiger partial charge in [0, 0.05) is 18.5 Å². The summed E-state index contributed by atoms with van der Waals surface area (Å²) in [7, 11) is 1.90. The first-order valence-corrected chi connectivity index (χ1v) is 5.72. The summed E-state index contributed by atoms with van der Waals surface area (Å²) >= 11 is 3.22. The third-order valence-corrected chi connectivity index (χ3v) is 2.68. The molecule has 2 rings (SSSR count). The number of hydrogen-bond donors (Lipinski definition) is 1. The van der Waals surface area contributed by atoms with Crippen molar-refractivity contribution in [2.24, 2.45) is 0 Å². The second-order valence-electron chi connectivity index (χ2n) is 3.55. The molecule has 0 fully saturated rings. The molecule has 0 aliphatic rings. The average molecular weight is 323 g/mol. The van der Waals surface area contributed by atoms with E-state index in [-0.39, 0.29) is 12.4 Å². The Bertz CT molecular complexity index is 472. The molecule has 2 aromatic rings. The van der Waals surface area contributed by atoms with Crippen molar-refractivity contribution in [3.8, 4) is 11.5 Å². The highest BCUT2D eigenvalue weighted by Crippen LogP contribution is 2.23. The van der Waals surface area contributed by atoms with Crippen molar-refractivity contribution < 1.29 is 8.94 Å². The van der Waals surface area contributed by atoms with Gasteiger partial charge in [-0.05, 0) is 29.9 Å². The minimum atomic E-state index is 0. The molecule has 0 saturated heterocycles. The minimum Gasteiger partial charge on any atom is -0.457 e. The van der Waals surface area contributed by atoms with Crippen LogP contribution >= 0.6 is 28.3 Å². The van der Waals surface area contributed by atoms with E-state index in [2.05, 4.69) is 38.3 Å². The van der Waals surface area contributed by atoms with E-state index in [0.717, 1.165) is 12.0 Å². The molecule has 5 nitrogen and oxygen atoms in total. The highest BCUT2D eigenvalue weighted by atomic mass is 79.9. The molecule has 1 unspecified atom stereocenters. The molecule has 0 aliphatic carbocycles. The molecule has 0 bridgehead atoms. The molecule has 17 heavy (non-hydrogen) atoms. The molecule has 94 valence electrons. The first-order chi connectivity index (χ1) is 7.69. The van der Waals surface area contributed by atoms with Crippen LogP contribution in [0.15, 0.2) is 25.9 Å². The Labute approximate surface area is 113 Å². The van der Waals surface area contributed by atoms with Crippen LogP contribution in [0.2, 0.25) is 0 Å². The predicted molar refractivity (Wildman–Crippen MR) is 69.2 cm³/mol. The molecule has 2 heterocycles. The van der Waals surface area contributed by atoms with Gasteiger partial charge in [-0.25, -0.2) is 0 Å². The Balaban J connectivity index is 0.00000144. The summed E-state index contributed by atoms with van der Waals surface area (Å²) in [6.07, 6.45) is 2.31. The van der Waals surface area contributed by atoms with Crippen molar-refractivity contribution in [2.45, 2.75) is 19.4 Å². The van der Waals surface area contributed by atoms with Crippen molar-refractivity contribution in [3.05, 3.63) is 22.8 Å². The first-order valence-electron chi connectivity index (χ1n) is 4.93. The Morgan fingerprint density at radius 2 is 2.29 bits per heavy atom. The van der Waals surface area contributed by atoms with E-state index in [0.29, 0.717) is 22.4 Å². The summed E-state index contributed by atoms with van der Waals surface area (Å²) in [5, 5.41) is 7.03. The van der Waals surface area contributed by atoms with Crippen LogP contribution in [-0.4, -0.2) is 23.2 Å². The number of hydrogen-bond acceptors (Lipinski definition) is 5. The van der Waals surface area contributed by atoms with Crippen LogP contribution in [0.25, 0.3) is 11.5 Å². The largest absolute Gasteiger partial charge is 0.457 e. The van der Waals surface area contributed by atoms with E-state index in [4.69, 9.17) is 8.94 Å². The van der Waals surface area contributed by atoms with Gasteiger partial charge in [0.15, 0.2) is 10.5 Å². The lowest BCUT2D eigenvalue weighted by molar-refractivity contribution is 0.417. The van der Waals surface area contributed by atoms with Gasteiger partial charge in [-0.15, -0.1) is 12.4 Å². The molecule has 2 aromatic heterocycles. The molecule has 0 spiro atoms. The van der Waals surface area contributed by atoms with E-state index >= 15 is 0 Å². The SMILES string of the molecule is CNC(C)Cc1noc(-c2coc(Br)c2)n1.Cl. The van der Waals surface area contributed by atoms with Crippen LogP contribution in [0, 0.1) is 0 Å². The van der Waals surface area contributed by atoms with Crippen LogP contribution in [0.1, 0.15) is 12.7 Å². The van der Waals surface area contributed by atoms with Crippen LogP contribution in [0.4, 0.5) is 0 Å². The van der Waals surface area contributed by atoms with Gasteiger partial charge in [-0.1, -0.05) is 5.16 Å². The number of rotatable bonds is 4. The van der Waals surface area contributed by atoms with Gasteiger partial charge in [-0.2, -0.15) is 4.98 Å². The van der Waals surface area contributed by atoms with Gasteiger partial charge in [-0.3, -0.25) is 0 Å².